The molecular formula is C12H16O3. The van der Waals surface area contributed by atoms with Crippen LogP contribution in [0.4, 0.5) is 0 Å². The maximum absolute atomic E-state index is 5.70. The van der Waals surface area contributed by atoms with Gasteiger partial charge in [0.05, 0.1) is 19.8 Å². The molecule has 3 heteroatoms. The van der Waals surface area contributed by atoms with E-state index in [0.29, 0.717) is 26.6 Å². The molecule has 0 saturated carbocycles. The molecular weight excluding hydrogens is 192 g/mol. The van der Waals surface area contributed by atoms with Crippen LogP contribution in [-0.2, 0) is 20.8 Å². The third-order valence-electron chi connectivity index (χ3n) is 2.51. The van der Waals surface area contributed by atoms with Crippen LogP contribution in [0, 0.1) is 6.92 Å². The second-order valence-corrected chi connectivity index (χ2v) is 3.72. The van der Waals surface area contributed by atoms with E-state index < -0.39 is 0 Å². The van der Waals surface area contributed by atoms with Gasteiger partial charge < -0.3 is 14.2 Å². The first-order valence-corrected chi connectivity index (χ1v) is 5.18. The van der Waals surface area contributed by atoms with Gasteiger partial charge in [0.2, 0.25) is 0 Å². The number of hydrogen-bond donors (Lipinski definition) is 0. The molecule has 1 aromatic carbocycles. The molecule has 82 valence electrons. The van der Waals surface area contributed by atoms with Gasteiger partial charge in [0.1, 0.15) is 12.9 Å². The van der Waals surface area contributed by atoms with Crippen LogP contribution in [0.1, 0.15) is 11.1 Å². The van der Waals surface area contributed by atoms with Gasteiger partial charge in [-0.25, -0.2) is 0 Å². The van der Waals surface area contributed by atoms with Crippen molar-refractivity contribution in [3.63, 3.8) is 0 Å². The van der Waals surface area contributed by atoms with Crippen LogP contribution in [0.5, 0.6) is 0 Å². The van der Waals surface area contributed by atoms with Gasteiger partial charge in [-0.2, -0.15) is 0 Å². The van der Waals surface area contributed by atoms with Crippen molar-refractivity contribution in [3.05, 3.63) is 35.4 Å². The maximum Gasteiger partial charge on any atom is 0.146 e. The summed E-state index contributed by atoms with van der Waals surface area (Å²) in [4.78, 5) is 0. The van der Waals surface area contributed by atoms with Gasteiger partial charge in [0.25, 0.3) is 0 Å². The van der Waals surface area contributed by atoms with Crippen molar-refractivity contribution in [1.82, 2.24) is 0 Å². The van der Waals surface area contributed by atoms with E-state index in [9.17, 15) is 0 Å². The second-order valence-electron chi connectivity index (χ2n) is 3.72. The largest absolute Gasteiger partial charge is 0.369 e. The molecule has 0 aliphatic carbocycles. The Balaban J connectivity index is 1.84. The minimum absolute atomic E-state index is 0.0679. The third-order valence-corrected chi connectivity index (χ3v) is 2.51. The standard InChI is InChI=1S/C12H16O3/c1-10-4-2-3-5-11(10)6-15-12-7-13-9-14-8-12/h2-5,12H,6-9H2,1H3. The van der Waals surface area contributed by atoms with Gasteiger partial charge in [-0.3, -0.25) is 0 Å². The van der Waals surface area contributed by atoms with E-state index in [1.807, 2.05) is 12.1 Å². The molecule has 1 saturated heterocycles. The van der Waals surface area contributed by atoms with E-state index in [0.717, 1.165) is 0 Å². The lowest BCUT2D eigenvalue weighted by Crippen LogP contribution is -2.31. The molecule has 1 fully saturated rings. The SMILES string of the molecule is Cc1ccccc1COC1COCOC1. The normalized spacial score (nSPS) is 17.9. The van der Waals surface area contributed by atoms with Crippen molar-refractivity contribution in [1.29, 1.82) is 0 Å². The highest BCUT2D eigenvalue weighted by atomic mass is 16.7. The van der Waals surface area contributed by atoms with Crippen LogP contribution in [0.2, 0.25) is 0 Å². The Morgan fingerprint density at radius 2 is 2.00 bits per heavy atom. The first-order valence-electron chi connectivity index (χ1n) is 5.18. The van der Waals surface area contributed by atoms with Gasteiger partial charge in [0.15, 0.2) is 0 Å². The predicted molar refractivity (Wildman–Crippen MR) is 56.5 cm³/mol. The fourth-order valence-corrected chi connectivity index (χ4v) is 1.54. The lowest BCUT2D eigenvalue weighted by atomic mass is 10.1. The van der Waals surface area contributed by atoms with Gasteiger partial charge in [-0.05, 0) is 18.1 Å². The average molecular weight is 208 g/mol. The van der Waals surface area contributed by atoms with Crippen LogP contribution in [0.15, 0.2) is 24.3 Å². The molecule has 0 atom stereocenters. The second kappa shape index (κ2) is 5.26. The highest BCUT2D eigenvalue weighted by molar-refractivity contribution is 5.24. The minimum Gasteiger partial charge on any atom is -0.369 e. The topological polar surface area (TPSA) is 27.7 Å². The molecule has 0 amide bonds. The quantitative estimate of drug-likeness (QED) is 0.759. The summed E-state index contributed by atoms with van der Waals surface area (Å²) >= 11 is 0. The van der Waals surface area contributed by atoms with Crippen molar-refractivity contribution in [2.24, 2.45) is 0 Å². The van der Waals surface area contributed by atoms with Crippen LogP contribution >= 0.6 is 0 Å². The Bertz CT molecular complexity index is 305. The first-order chi connectivity index (χ1) is 7.36. The number of aryl methyl sites for hydroxylation is 1. The summed E-state index contributed by atoms with van der Waals surface area (Å²) in [6.07, 6.45) is 0.0679. The number of hydrogen-bond acceptors (Lipinski definition) is 3. The summed E-state index contributed by atoms with van der Waals surface area (Å²) in [5.41, 5.74) is 2.48. The summed E-state index contributed by atoms with van der Waals surface area (Å²) in [5.74, 6) is 0. The molecule has 2 rings (SSSR count). The van der Waals surface area contributed by atoms with Gasteiger partial charge >= 0.3 is 0 Å². The minimum atomic E-state index is 0.0679. The van der Waals surface area contributed by atoms with Gasteiger partial charge in [-0.1, -0.05) is 24.3 Å². The van der Waals surface area contributed by atoms with Gasteiger partial charge in [-0.15, -0.1) is 0 Å². The number of ether oxygens (including phenoxy) is 3. The summed E-state index contributed by atoms with van der Waals surface area (Å²) in [7, 11) is 0. The molecule has 0 N–H and O–H groups in total. The zero-order chi connectivity index (χ0) is 10.5. The van der Waals surface area contributed by atoms with E-state index in [4.69, 9.17) is 14.2 Å². The van der Waals surface area contributed by atoms with E-state index in [2.05, 4.69) is 19.1 Å². The molecule has 0 spiro atoms. The van der Waals surface area contributed by atoms with Gasteiger partial charge in [0, 0.05) is 0 Å². The van der Waals surface area contributed by atoms with Crippen molar-refractivity contribution >= 4 is 0 Å². The summed E-state index contributed by atoms with van der Waals surface area (Å²) < 4.78 is 16.0. The van der Waals surface area contributed by atoms with Crippen molar-refractivity contribution in [3.8, 4) is 0 Å². The maximum atomic E-state index is 5.70. The highest BCUT2D eigenvalue weighted by Gasteiger charge is 2.14. The van der Waals surface area contributed by atoms with E-state index in [1.54, 1.807) is 0 Å². The highest BCUT2D eigenvalue weighted by Crippen LogP contribution is 2.11. The zero-order valence-electron chi connectivity index (χ0n) is 8.94. The van der Waals surface area contributed by atoms with Crippen LogP contribution in [0.3, 0.4) is 0 Å². The smallest absolute Gasteiger partial charge is 0.146 e. The predicted octanol–water partition coefficient (Wildman–Crippen LogP) is 1.88. The molecule has 0 radical (unpaired) electrons. The van der Waals surface area contributed by atoms with E-state index in [1.165, 1.54) is 11.1 Å². The Morgan fingerprint density at radius 3 is 2.73 bits per heavy atom. The summed E-state index contributed by atoms with van der Waals surface area (Å²) in [6.45, 7) is 4.37. The molecule has 0 aromatic heterocycles. The average Bonchev–Trinajstić information content (AvgIpc) is 2.29. The molecule has 0 bridgehead atoms. The zero-order valence-corrected chi connectivity index (χ0v) is 8.94. The van der Waals surface area contributed by atoms with E-state index >= 15 is 0 Å². The van der Waals surface area contributed by atoms with Crippen LogP contribution < -0.4 is 0 Å². The molecule has 1 aliphatic heterocycles. The summed E-state index contributed by atoms with van der Waals surface area (Å²) in [5, 5.41) is 0. The van der Waals surface area contributed by atoms with Crippen molar-refractivity contribution in [2.45, 2.75) is 19.6 Å². The molecule has 1 heterocycles. The molecule has 1 aromatic rings. The number of benzene rings is 1. The fraction of sp³-hybridized carbons (Fsp3) is 0.500. The van der Waals surface area contributed by atoms with Crippen molar-refractivity contribution in [2.75, 3.05) is 20.0 Å². The number of rotatable bonds is 3. The Morgan fingerprint density at radius 1 is 1.27 bits per heavy atom. The monoisotopic (exact) mass is 208 g/mol. The lowest BCUT2D eigenvalue weighted by Gasteiger charge is -2.22. The Kier molecular flexibility index (Phi) is 3.72. The van der Waals surface area contributed by atoms with Crippen LogP contribution in [-0.4, -0.2) is 26.1 Å². The Labute approximate surface area is 90.0 Å². The third kappa shape index (κ3) is 3.02. The fourth-order valence-electron chi connectivity index (χ4n) is 1.54. The Hall–Kier alpha value is -0.900. The van der Waals surface area contributed by atoms with Crippen molar-refractivity contribution < 1.29 is 14.2 Å². The molecule has 3 nitrogen and oxygen atoms in total. The first kappa shape index (κ1) is 10.6. The lowest BCUT2D eigenvalue weighted by molar-refractivity contribution is -0.170. The molecule has 1 aliphatic rings. The molecule has 15 heavy (non-hydrogen) atoms. The van der Waals surface area contributed by atoms with Crippen LogP contribution in [0.25, 0.3) is 0 Å². The van der Waals surface area contributed by atoms with E-state index in [-0.39, 0.29) is 6.10 Å². The summed E-state index contributed by atoms with van der Waals surface area (Å²) in [6, 6.07) is 8.23. The molecule has 0 unspecified atom stereocenters.